The first-order valence-corrected chi connectivity index (χ1v) is 10.3. The van der Waals surface area contributed by atoms with Crippen molar-refractivity contribution in [3.05, 3.63) is 0 Å². The van der Waals surface area contributed by atoms with Gasteiger partial charge in [-0.25, -0.2) is 0 Å². The second-order valence-corrected chi connectivity index (χ2v) is 8.28. The molecule has 2 aliphatic carbocycles. The van der Waals surface area contributed by atoms with Crippen LogP contribution in [0.3, 0.4) is 0 Å². The summed E-state index contributed by atoms with van der Waals surface area (Å²) in [5, 5.41) is 7.19. The van der Waals surface area contributed by atoms with E-state index in [4.69, 9.17) is 0 Å². The molecule has 0 aromatic heterocycles. The molecule has 0 bridgehead atoms. The fraction of sp³-hybridized carbons (Fsp3) is 0.941. The highest BCUT2D eigenvalue weighted by Crippen LogP contribution is 2.41. The average Bonchev–Trinajstić information content (AvgIpc) is 3.02. The van der Waals surface area contributed by atoms with Gasteiger partial charge in [-0.05, 0) is 31.1 Å². The van der Waals surface area contributed by atoms with E-state index in [2.05, 4.69) is 32.3 Å². The number of halogens is 1. The molecule has 1 heterocycles. The predicted octanol–water partition coefficient (Wildman–Crippen LogP) is 2.79. The summed E-state index contributed by atoms with van der Waals surface area (Å²) in [5.41, 5.74) is 0. The number of nitrogens with zero attached hydrogens (tertiary/aromatic N) is 2. The van der Waals surface area contributed by atoms with Gasteiger partial charge in [0.15, 0.2) is 5.96 Å². The van der Waals surface area contributed by atoms with Gasteiger partial charge in [0, 0.05) is 50.8 Å². The molecule has 2 saturated carbocycles. The van der Waals surface area contributed by atoms with E-state index in [1.165, 1.54) is 63.1 Å². The van der Waals surface area contributed by atoms with E-state index in [0.717, 1.165) is 30.9 Å². The standard InChI is InChI=1S/C17H32N4S.HI/c1-18-17(19-7-8-21-9-11-22-12-10-21)20-16-6-5-14-3-2-4-15(14)13-16;/h14-16H,2-13H2,1H3,(H2,18,19,20);1H. The third-order valence-electron chi connectivity index (χ3n) is 5.68. The lowest BCUT2D eigenvalue weighted by Crippen LogP contribution is -2.48. The van der Waals surface area contributed by atoms with Crippen molar-refractivity contribution in [1.82, 2.24) is 15.5 Å². The minimum atomic E-state index is 0. The predicted molar refractivity (Wildman–Crippen MR) is 112 cm³/mol. The monoisotopic (exact) mass is 452 g/mol. The van der Waals surface area contributed by atoms with Gasteiger partial charge < -0.3 is 10.6 Å². The van der Waals surface area contributed by atoms with Gasteiger partial charge in [-0.2, -0.15) is 11.8 Å². The molecule has 23 heavy (non-hydrogen) atoms. The molecule has 6 heteroatoms. The molecule has 0 aromatic carbocycles. The molecule has 1 aliphatic heterocycles. The van der Waals surface area contributed by atoms with Crippen LogP contribution in [0.1, 0.15) is 38.5 Å². The fourth-order valence-electron chi connectivity index (χ4n) is 4.38. The number of fused-ring (bicyclic) bond motifs is 1. The van der Waals surface area contributed by atoms with E-state index in [0.29, 0.717) is 6.04 Å². The second kappa shape index (κ2) is 10.3. The van der Waals surface area contributed by atoms with Gasteiger partial charge in [-0.3, -0.25) is 9.89 Å². The van der Waals surface area contributed by atoms with Crippen LogP contribution in [0.2, 0.25) is 0 Å². The Morgan fingerprint density at radius 2 is 1.91 bits per heavy atom. The number of guanidine groups is 1. The van der Waals surface area contributed by atoms with Crippen molar-refractivity contribution in [1.29, 1.82) is 0 Å². The SMILES string of the molecule is CN=C(NCCN1CCSCC1)NC1CCC2CCCC2C1.I. The molecular weight excluding hydrogens is 419 g/mol. The average molecular weight is 452 g/mol. The lowest BCUT2D eigenvalue weighted by atomic mass is 9.79. The number of thioether (sulfide) groups is 1. The van der Waals surface area contributed by atoms with Crippen molar-refractivity contribution >= 4 is 41.7 Å². The van der Waals surface area contributed by atoms with E-state index in [-0.39, 0.29) is 24.0 Å². The first kappa shape index (κ1) is 19.6. The summed E-state index contributed by atoms with van der Waals surface area (Å²) in [6.07, 6.45) is 8.51. The molecule has 3 fully saturated rings. The maximum Gasteiger partial charge on any atom is 0.191 e. The topological polar surface area (TPSA) is 39.7 Å². The number of aliphatic imine (C=N–C) groups is 1. The van der Waals surface area contributed by atoms with Gasteiger partial charge >= 0.3 is 0 Å². The Kier molecular flexibility index (Phi) is 8.82. The zero-order valence-corrected chi connectivity index (χ0v) is 17.6. The summed E-state index contributed by atoms with van der Waals surface area (Å²) >= 11 is 2.08. The normalized spacial score (nSPS) is 32.0. The molecule has 3 unspecified atom stereocenters. The Balaban J connectivity index is 0.00000192. The molecule has 0 amide bonds. The second-order valence-electron chi connectivity index (χ2n) is 7.06. The van der Waals surface area contributed by atoms with Crippen LogP contribution in [0.25, 0.3) is 0 Å². The van der Waals surface area contributed by atoms with Crippen LogP contribution in [0.4, 0.5) is 0 Å². The largest absolute Gasteiger partial charge is 0.355 e. The van der Waals surface area contributed by atoms with Gasteiger partial charge in [-0.1, -0.05) is 19.3 Å². The molecule has 0 spiro atoms. The Labute approximate surface area is 163 Å². The molecular formula is C17H33IN4S. The Morgan fingerprint density at radius 1 is 1.13 bits per heavy atom. The molecule has 3 rings (SSSR count). The first-order chi connectivity index (χ1) is 10.8. The molecule has 134 valence electrons. The van der Waals surface area contributed by atoms with Gasteiger partial charge in [0.25, 0.3) is 0 Å². The maximum atomic E-state index is 4.42. The summed E-state index contributed by atoms with van der Waals surface area (Å²) in [7, 11) is 1.90. The summed E-state index contributed by atoms with van der Waals surface area (Å²) < 4.78 is 0. The molecule has 1 saturated heterocycles. The Hall–Kier alpha value is 0.310. The molecule has 3 atom stereocenters. The van der Waals surface area contributed by atoms with Crippen LogP contribution in [0, 0.1) is 11.8 Å². The summed E-state index contributed by atoms with van der Waals surface area (Å²) in [6.45, 7) is 4.62. The maximum absolute atomic E-state index is 4.42. The highest BCUT2D eigenvalue weighted by atomic mass is 127. The van der Waals surface area contributed by atoms with Gasteiger partial charge in [-0.15, -0.1) is 24.0 Å². The van der Waals surface area contributed by atoms with E-state index < -0.39 is 0 Å². The van der Waals surface area contributed by atoms with E-state index >= 15 is 0 Å². The van der Waals surface area contributed by atoms with Crippen molar-refractivity contribution < 1.29 is 0 Å². The third-order valence-corrected chi connectivity index (χ3v) is 6.62. The zero-order chi connectivity index (χ0) is 15.2. The molecule has 4 nitrogen and oxygen atoms in total. The molecule has 0 aromatic rings. The lowest BCUT2D eigenvalue weighted by molar-refractivity contribution is 0.239. The lowest BCUT2D eigenvalue weighted by Gasteiger charge is -2.33. The summed E-state index contributed by atoms with van der Waals surface area (Å²) in [4.78, 5) is 6.98. The first-order valence-electron chi connectivity index (χ1n) is 9.12. The van der Waals surface area contributed by atoms with E-state index in [1.54, 1.807) is 0 Å². The van der Waals surface area contributed by atoms with Gasteiger partial charge in [0.05, 0.1) is 0 Å². The molecule has 3 aliphatic rings. The van der Waals surface area contributed by atoms with Gasteiger partial charge in [0.1, 0.15) is 0 Å². The van der Waals surface area contributed by atoms with Gasteiger partial charge in [0.2, 0.25) is 0 Å². The van der Waals surface area contributed by atoms with Crippen LogP contribution >= 0.6 is 35.7 Å². The van der Waals surface area contributed by atoms with Crippen molar-refractivity contribution in [2.75, 3.05) is 44.7 Å². The zero-order valence-electron chi connectivity index (χ0n) is 14.4. The number of nitrogens with one attached hydrogen (secondary N) is 2. The van der Waals surface area contributed by atoms with Crippen LogP contribution in [0.15, 0.2) is 4.99 Å². The highest BCUT2D eigenvalue weighted by Gasteiger charge is 2.33. The van der Waals surface area contributed by atoms with Crippen LogP contribution < -0.4 is 10.6 Å². The van der Waals surface area contributed by atoms with E-state index in [9.17, 15) is 0 Å². The van der Waals surface area contributed by atoms with Crippen LogP contribution in [-0.2, 0) is 0 Å². The van der Waals surface area contributed by atoms with Crippen molar-refractivity contribution in [3.8, 4) is 0 Å². The number of hydrogen-bond donors (Lipinski definition) is 2. The Bertz CT molecular complexity index is 374. The quantitative estimate of drug-likeness (QED) is 0.391. The molecule has 0 radical (unpaired) electrons. The summed E-state index contributed by atoms with van der Waals surface area (Å²) in [6, 6.07) is 0.636. The number of hydrogen-bond acceptors (Lipinski definition) is 3. The highest BCUT2D eigenvalue weighted by molar-refractivity contribution is 14.0. The Morgan fingerprint density at radius 3 is 2.70 bits per heavy atom. The number of rotatable bonds is 4. The van der Waals surface area contributed by atoms with Crippen molar-refractivity contribution in [2.45, 2.75) is 44.6 Å². The molecule has 2 N–H and O–H groups in total. The fourth-order valence-corrected chi connectivity index (χ4v) is 5.36. The van der Waals surface area contributed by atoms with E-state index in [1.807, 2.05) is 7.05 Å². The van der Waals surface area contributed by atoms with Crippen LogP contribution in [0.5, 0.6) is 0 Å². The minimum Gasteiger partial charge on any atom is -0.355 e. The van der Waals surface area contributed by atoms with Crippen molar-refractivity contribution in [3.63, 3.8) is 0 Å². The van der Waals surface area contributed by atoms with Crippen molar-refractivity contribution in [2.24, 2.45) is 16.8 Å². The summed E-state index contributed by atoms with van der Waals surface area (Å²) in [5.74, 6) is 5.60. The minimum absolute atomic E-state index is 0. The smallest absolute Gasteiger partial charge is 0.191 e. The van der Waals surface area contributed by atoms with Crippen LogP contribution in [-0.4, -0.2) is 61.6 Å². The third kappa shape index (κ3) is 5.96.